The topological polar surface area (TPSA) is 89.3 Å². The van der Waals surface area contributed by atoms with Crippen LogP contribution in [0, 0.1) is 5.41 Å². The molecule has 11 heavy (non-hydrogen) atoms. The second-order valence-corrected chi connectivity index (χ2v) is 3.73. The number of hydrogen-bond acceptors (Lipinski definition) is 3. The van der Waals surface area contributed by atoms with Gasteiger partial charge in [-0.3, -0.25) is 4.79 Å². The SMILES string of the molecule is CC(C)(C)[C@](N)(CN)C(=O)O. The second kappa shape index (κ2) is 2.79. The highest BCUT2D eigenvalue weighted by atomic mass is 16.4. The molecule has 5 N–H and O–H groups in total. The van der Waals surface area contributed by atoms with Crippen LogP contribution in [0.1, 0.15) is 20.8 Å². The number of aliphatic carboxylic acids is 1. The molecule has 0 aromatic heterocycles. The van der Waals surface area contributed by atoms with E-state index in [9.17, 15) is 4.79 Å². The van der Waals surface area contributed by atoms with Crippen molar-refractivity contribution in [3.05, 3.63) is 0 Å². The summed E-state index contributed by atoms with van der Waals surface area (Å²) < 4.78 is 0. The molecule has 4 nitrogen and oxygen atoms in total. The van der Waals surface area contributed by atoms with Gasteiger partial charge >= 0.3 is 5.97 Å². The van der Waals surface area contributed by atoms with E-state index >= 15 is 0 Å². The zero-order valence-corrected chi connectivity index (χ0v) is 7.22. The van der Waals surface area contributed by atoms with Gasteiger partial charge in [0.15, 0.2) is 0 Å². The molecular weight excluding hydrogens is 144 g/mol. The molecule has 66 valence electrons. The van der Waals surface area contributed by atoms with E-state index in [1.807, 2.05) is 0 Å². The Morgan fingerprint density at radius 3 is 1.82 bits per heavy atom. The Morgan fingerprint density at radius 2 is 1.82 bits per heavy atom. The summed E-state index contributed by atoms with van der Waals surface area (Å²) >= 11 is 0. The number of carbonyl (C=O) groups is 1. The van der Waals surface area contributed by atoms with E-state index in [1.165, 1.54) is 0 Å². The first kappa shape index (κ1) is 10.4. The lowest BCUT2D eigenvalue weighted by molar-refractivity contribution is -0.147. The summed E-state index contributed by atoms with van der Waals surface area (Å²) in [5, 5.41) is 8.76. The van der Waals surface area contributed by atoms with E-state index in [1.54, 1.807) is 20.8 Å². The third-order valence-electron chi connectivity index (χ3n) is 2.04. The van der Waals surface area contributed by atoms with E-state index in [0.717, 1.165) is 0 Å². The molecular formula is C7H16N2O2. The lowest BCUT2D eigenvalue weighted by atomic mass is 9.74. The highest BCUT2D eigenvalue weighted by Crippen LogP contribution is 2.27. The van der Waals surface area contributed by atoms with Gasteiger partial charge in [-0.05, 0) is 5.41 Å². The van der Waals surface area contributed by atoms with Gasteiger partial charge in [-0.1, -0.05) is 20.8 Å². The predicted octanol–water partition coefficient (Wildman–Crippen LogP) is -0.227. The van der Waals surface area contributed by atoms with Crippen molar-refractivity contribution in [2.45, 2.75) is 26.3 Å². The van der Waals surface area contributed by atoms with E-state index in [-0.39, 0.29) is 6.54 Å². The van der Waals surface area contributed by atoms with Crippen LogP contribution in [0.4, 0.5) is 0 Å². The van der Waals surface area contributed by atoms with Crippen molar-refractivity contribution < 1.29 is 9.90 Å². The Kier molecular flexibility index (Phi) is 2.64. The molecule has 1 atom stereocenters. The van der Waals surface area contributed by atoms with Crippen LogP contribution in [0.25, 0.3) is 0 Å². The second-order valence-electron chi connectivity index (χ2n) is 3.73. The standard InChI is InChI=1S/C7H16N2O2/c1-6(2,3)7(9,4-8)5(10)11/h4,8-9H2,1-3H3,(H,10,11)/t7-/m0/s1. The fourth-order valence-corrected chi connectivity index (χ4v) is 0.714. The summed E-state index contributed by atoms with van der Waals surface area (Å²) in [5.74, 6) is -1.05. The van der Waals surface area contributed by atoms with Gasteiger partial charge in [-0.15, -0.1) is 0 Å². The van der Waals surface area contributed by atoms with Crippen molar-refractivity contribution in [3.8, 4) is 0 Å². The third kappa shape index (κ3) is 1.70. The number of hydrogen-bond donors (Lipinski definition) is 3. The first-order valence-electron chi connectivity index (χ1n) is 3.48. The van der Waals surface area contributed by atoms with Crippen LogP contribution in [0.2, 0.25) is 0 Å². The van der Waals surface area contributed by atoms with Gasteiger partial charge in [0.2, 0.25) is 0 Å². The normalized spacial score (nSPS) is 17.5. The first-order chi connectivity index (χ1) is 4.75. The Balaban J connectivity index is 4.75. The van der Waals surface area contributed by atoms with Crippen molar-refractivity contribution in [2.75, 3.05) is 6.54 Å². The largest absolute Gasteiger partial charge is 0.480 e. The maximum Gasteiger partial charge on any atom is 0.325 e. The minimum atomic E-state index is -1.33. The van der Waals surface area contributed by atoms with Crippen molar-refractivity contribution in [3.63, 3.8) is 0 Å². The third-order valence-corrected chi connectivity index (χ3v) is 2.04. The van der Waals surface area contributed by atoms with Gasteiger partial charge in [0, 0.05) is 6.54 Å². The summed E-state index contributed by atoms with van der Waals surface area (Å²) in [6.45, 7) is 5.22. The summed E-state index contributed by atoms with van der Waals surface area (Å²) in [4.78, 5) is 10.7. The van der Waals surface area contributed by atoms with Gasteiger partial charge in [0.1, 0.15) is 5.54 Å². The monoisotopic (exact) mass is 160 g/mol. The molecule has 0 aliphatic carbocycles. The maximum atomic E-state index is 10.7. The summed E-state index contributed by atoms with van der Waals surface area (Å²) in [7, 11) is 0. The lowest BCUT2D eigenvalue weighted by Crippen LogP contribution is -2.62. The first-order valence-corrected chi connectivity index (χ1v) is 3.48. The minimum absolute atomic E-state index is 0.0498. The highest BCUT2D eigenvalue weighted by Gasteiger charge is 2.44. The number of carboxylic acids is 1. The Hall–Kier alpha value is -0.610. The zero-order valence-electron chi connectivity index (χ0n) is 7.22. The molecule has 0 rings (SSSR count). The van der Waals surface area contributed by atoms with Gasteiger partial charge in [-0.2, -0.15) is 0 Å². The smallest absolute Gasteiger partial charge is 0.325 e. The van der Waals surface area contributed by atoms with E-state index in [2.05, 4.69) is 0 Å². The molecule has 0 saturated carbocycles. The van der Waals surface area contributed by atoms with Gasteiger partial charge < -0.3 is 16.6 Å². The van der Waals surface area contributed by atoms with Crippen LogP contribution in [0.15, 0.2) is 0 Å². The van der Waals surface area contributed by atoms with Crippen LogP contribution in [0.3, 0.4) is 0 Å². The summed E-state index contributed by atoms with van der Waals surface area (Å²) in [6.07, 6.45) is 0. The van der Waals surface area contributed by atoms with Crippen LogP contribution in [0.5, 0.6) is 0 Å². The van der Waals surface area contributed by atoms with Crippen LogP contribution >= 0.6 is 0 Å². The van der Waals surface area contributed by atoms with Gasteiger partial charge in [-0.25, -0.2) is 0 Å². The zero-order chi connectivity index (χ0) is 9.28. The van der Waals surface area contributed by atoms with Crippen LogP contribution in [-0.2, 0) is 4.79 Å². The molecule has 0 spiro atoms. The maximum absolute atomic E-state index is 10.7. The number of carboxylic acid groups (broad SMARTS) is 1. The molecule has 0 aliphatic rings. The van der Waals surface area contributed by atoms with Crippen LogP contribution in [-0.4, -0.2) is 23.2 Å². The molecule has 0 aliphatic heterocycles. The molecule has 0 unspecified atom stereocenters. The number of rotatable bonds is 2. The predicted molar refractivity (Wildman–Crippen MR) is 43.1 cm³/mol. The minimum Gasteiger partial charge on any atom is -0.480 e. The van der Waals surface area contributed by atoms with Crippen LogP contribution < -0.4 is 11.5 Å². The highest BCUT2D eigenvalue weighted by molar-refractivity contribution is 5.79. The average Bonchev–Trinajstić information content (AvgIpc) is 1.83. The van der Waals surface area contributed by atoms with Crippen molar-refractivity contribution in [1.29, 1.82) is 0 Å². The summed E-state index contributed by atoms with van der Waals surface area (Å²) in [5.41, 5.74) is 9.03. The lowest BCUT2D eigenvalue weighted by Gasteiger charge is -2.36. The molecule has 0 saturated heterocycles. The molecule has 0 amide bonds. The Labute approximate surface area is 66.6 Å². The Morgan fingerprint density at radius 1 is 1.45 bits per heavy atom. The molecule has 4 heteroatoms. The van der Waals surface area contributed by atoms with Crippen molar-refractivity contribution in [2.24, 2.45) is 16.9 Å². The van der Waals surface area contributed by atoms with E-state index in [0.29, 0.717) is 0 Å². The van der Waals surface area contributed by atoms with Crippen molar-refractivity contribution >= 4 is 5.97 Å². The molecule has 0 aromatic rings. The number of nitrogens with two attached hydrogens (primary N) is 2. The average molecular weight is 160 g/mol. The molecule has 0 heterocycles. The van der Waals surface area contributed by atoms with E-state index in [4.69, 9.17) is 16.6 Å². The molecule has 0 fully saturated rings. The van der Waals surface area contributed by atoms with E-state index < -0.39 is 16.9 Å². The fourth-order valence-electron chi connectivity index (χ4n) is 0.714. The molecule has 0 bridgehead atoms. The fraction of sp³-hybridized carbons (Fsp3) is 0.857. The van der Waals surface area contributed by atoms with Gasteiger partial charge in [0.05, 0.1) is 0 Å². The van der Waals surface area contributed by atoms with Gasteiger partial charge in [0.25, 0.3) is 0 Å². The van der Waals surface area contributed by atoms with Crippen molar-refractivity contribution in [1.82, 2.24) is 0 Å². The Bertz CT molecular complexity index is 162. The quantitative estimate of drug-likeness (QED) is 0.520. The summed E-state index contributed by atoms with van der Waals surface area (Å²) in [6, 6.07) is 0. The molecule has 0 radical (unpaired) electrons. The molecule has 0 aromatic carbocycles.